The number of amides is 4. The van der Waals surface area contributed by atoms with Crippen molar-refractivity contribution in [1.82, 2.24) is 21.3 Å². The Morgan fingerprint density at radius 2 is 1.41 bits per heavy atom. The smallest absolute Gasteiger partial charge is 0.327 e. The summed E-state index contributed by atoms with van der Waals surface area (Å²) in [5, 5.41) is 26.9. The zero-order valence-electron chi connectivity index (χ0n) is 16.3. The molecule has 13 heteroatoms. The van der Waals surface area contributed by atoms with E-state index in [9.17, 15) is 24.0 Å². The fourth-order valence-electron chi connectivity index (χ4n) is 2.05. The second kappa shape index (κ2) is 13.7. The molecule has 0 aromatic carbocycles. The highest BCUT2D eigenvalue weighted by Crippen LogP contribution is 2.05. The average Bonchev–Trinajstić information content (AvgIpc) is 2.66. The number of carbonyl (C=O) groups is 5. The van der Waals surface area contributed by atoms with E-state index in [4.69, 9.17) is 15.9 Å². The molecule has 0 saturated carbocycles. The molecule has 0 aliphatic rings. The highest BCUT2D eigenvalue weighted by Gasteiger charge is 2.24. The maximum atomic E-state index is 12.3. The van der Waals surface area contributed by atoms with Crippen LogP contribution in [0, 0.1) is 5.92 Å². The second-order valence-electron chi connectivity index (χ2n) is 6.62. The van der Waals surface area contributed by atoms with Crippen molar-refractivity contribution in [2.45, 2.75) is 38.4 Å². The van der Waals surface area contributed by atoms with Gasteiger partial charge in [0.1, 0.15) is 18.1 Å². The van der Waals surface area contributed by atoms with Crippen LogP contribution in [0.5, 0.6) is 0 Å². The normalized spacial score (nSPS) is 13.7. The lowest BCUT2D eigenvalue weighted by Gasteiger charge is -2.21. The first kappa shape index (κ1) is 26.6. The third kappa shape index (κ3) is 11.3. The van der Waals surface area contributed by atoms with Crippen LogP contribution in [-0.2, 0) is 24.0 Å². The minimum Gasteiger partial charge on any atom is -0.480 e. The van der Waals surface area contributed by atoms with E-state index in [0.29, 0.717) is 0 Å². The van der Waals surface area contributed by atoms with E-state index in [-0.39, 0.29) is 18.1 Å². The number of carboxylic acids is 1. The largest absolute Gasteiger partial charge is 0.480 e. The van der Waals surface area contributed by atoms with E-state index in [1.54, 1.807) is 0 Å². The van der Waals surface area contributed by atoms with E-state index >= 15 is 0 Å². The van der Waals surface area contributed by atoms with E-state index < -0.39 is 67.4 Å². The molecule has 4 amide bonds. The van der Waals surface area contributed by atoms with Crippen molar-refractivity contribution in [2.75, 3.05) is 25.4 Å². The SMILES string of the molecule is CC(C)C[C@H](NC(=O)CNC(=O)[C@@H](N)CO)C(=O)NCC(=O)N[C@@H](CS)C(=O)O. The Bertz CT molecular complexity index is 602. The number of hydrogen-bond acceptors (Lipinski definition) is 8. The Morgan fingerprint density at radius 3 is 1.83 bits per heavy atom. The molecular formula is C16H29N5O7S. The number of carboxylic acid groups (broad SMARTS) is 1. The number of hydrogen-bond donors (Lipinski definition) is 8. The maximum absolute atomic E-state index is 12.3. The minimum absolute atomic E-state index is 0.0258. The van der Waals surface area contributed by atoms with Crippen molar-refractivity contribution in [3.63, 3.8) is 0 Å². The molecular weight excluding hydrogens is 406 g/mol. The van der Waals surface area contributed by atoms with E-state index in [0.717, 1.165) is 0 Å². The van der Waals surface area contributed by atoms with Gasteiger partial charge in [-0.1, -0.05) is 13.8 Å². The molecule has 0 rings (SSSR count). The molecule has 3 atom stereocenters. The van der Waals surface area contributed by atoms with Gasteiger partial charge in [-0.15, -0.1) is 0 Å². The van der Waals surface area contributed by atoms with Crippen molar-refractivity contribution in [1.29, 1.82) is 0 Å². The van der Waals surface area contributed by atoms with Crippen molar-refractivity contribution >= 4 is 42.2 Å². The summed E-state index contributed by atoms with van der Waals surface area (Å²) in [5.41, 5.74) is 5.31. The van der Waals surface area contributed by atoms with E-state index in [1.165, 1.54) is 0 Å². The van der Waals surface area contributed by atoms with Crippen LogP contribution in [0.3, 0.4) is 0 Å². The van der Waals surface area contributed by atoms with E-state index in [2.05, 4.69) is 33.9 Å². The van der Waals surface area contributed by atoms with E-state index in [1.807, 2.05) is 13.8 Å². The topological polar surface area (TPSA) is 200 Å². The lowest BCUT2D eigenvalue weighted by Crippen LogP contribution is -2.53. The molecule has 12 nitrogen and oxygen atoms in total. The summed E-state index contributed by atoms with van der Waals surface area (Å²) in [7, 11) is 0. The fourth-order valence-corrected chi connectivity index (χ4v) is 2.30. The third-order valence-corrected chi connectivity index (χ3v) is 3.92. The zero-order valence-corrected chi connectivity index (χ0v) is 17.2. The molecule has 0 heterocycles. The van der Waals surface area contributed by atoms with Gasteiger partial charge >= 0.3 is 5.97 Å². The Kier molecular flexibility index (Phi) is 12.6. The molecule has 0 radical (unpaired) electrons. The highest BCUT2D eigenvalue weighted by atomic mass is 32.1. The fraction of sp³-hybridized carbons (Fsp3) is 0.688. The van der Waals surface area contributed by atoms with Gasteiger partial charge in [-0.2, -0.15) is 12.6 Å². The van der Waals surface area contributed by atoms with Crippen molar-refractivity contribution in [3.05, 3.63) is 0 Å². The number of aliphatic hydroxyl groups is 1. The van der Waals surface area contributed by atoms with Gasteiger partial charge in [-0.25, -0.2) is 4.79 Å². The summed E-state index contributed by atoms with van der Waals surface area (Å²) in [6.45, 7) is 2.14. The predicted octanol–water partition coefficient (Wildman–Crippen LogP) is -3.43. The van der Waals surface area contributed by atoms with Crippen LogP contribution in [0.1, 0.15) is 20.3 Å². The monoisotopic (exact) mass is 435 g/mol. The lowest BCUT2D eigenvalue weighted by atomic mass is 10.0. The van der Waals surface area contributed by atoms with Crippen LogP contribution >= 0.6 is 12.6 Å². The van der Waals surface area contributed by atoms with Crippen LogP contribution in [-0.4, -0.2) is 83.4 Å². The summed E-state index contributed by atoms with van der Waals surface area (Å²) in [4.78, 5) is 58.4. The van der Waals surface area contributed by atoms with Crippen LogP contribution in [0.2, 0.25) is 0 Å². The Balaban J connectivity index is 4.69. The van der Waals surface area contributed by atoms with Crippen LogP contribution in [0.4, 0.5) is 0 Å². The van der Waals surface area contributed by atoms with Crippen LogP contribution in [0.15, 0.2) is 0 Å². The summed E-state index contributed by atoms with van der Waals surface area (Å²) in [6, 6.07) is -3.33. The van der Waals surface area contributed by atoms with Gasteiger partial charge in [-0.05, 0) is 12.3 Å². The first-order chi connectivity index (χ1) is 13.5. The lowest BCUT2D eigenvalue weighted by molar-refractivity contribution is -0.141. The third-order valence-electron chi connectivity index (χ3n) is 3.55. The standard InChI is InChI=1S/C16H29N5O7S/c1-8(2)3-10(20-12(23)4-18-14(25)9(17)6-22)15(26)19-5-13(24)21-11(7-29)16(27)28/h8-11,22,29H,3-7,17H2,1-2H3,(H,18,25)(H,19,26)(H,20,23)(H,21,24)(H,27,28)/t9-,10-,11-/m0/s1. The molecule has 0 bridgehead atoms. The van der Waals surface area contributed by atoms with Crippen molar-refractivity contribution in [2.24, 2.45) is 11.7 Å². The Labute approximate surface area is 173 Å². The molecule has 166 valence electrons. The quantitative estimate of drug-likeness (QED) is 0.137. The summed E-state index contributed by atoms with van der Waals surface area (Å²) in [6.07, 6.45) is 0.262. The van der Waals surface area contributed by atoms with Crippen LogP contribution in [0.25, 0.3) is 0 Å². The first-order valence-electron chi connectivity index (χ1n) is 8.86. The van der Waals surface area contributed by atoms with Crippen molar-refractivity contribution < 1.29 is 34.2 Å². The molecule has 0 saturated heterocycles. The second-order valence-corrected chi connectivity index (χ2v) is 6.98. The summed E-state index contributed by atoms with van der Waals surface area (Å²) in [5.74, 6) is -4.09. The van der Waals surface area contributed by atoms with Crippen molar-refractivity contribution in [3.8, 4) is 0 Å². The zero-order chi connectivity index (χ0) is 22.6. The molecule has 0 unspecified atom stereocenters. The first-order valence-corrected chi connectivity index (χ1v) is 9.49. The minimum atomic E-state index is -1.26. The van der Waals surface area contributed by atoms with Gasteiger partial charge in [-0.3, -0.25) is 19.2 Å². The summed E-state index contributed by atoms with van der Waals surface area (Å²) >= 11 is 3.82. The van der Waals surface area contributed by atoms with Gasteiger partial charge in [0.25, 0.3) is 0 Å². The number of aliphatic hydroxyl groups excluding tert-OH is 1. The molecule has 0 aliphatic heterocycles. The van der Waals surface area contributed by atoms with Gasteiger partial charge in [0.15, 0.2) is 0 Å². The molecule has 0 aromatic heterocycles. The molecule has 8 N–H and O–H groups in total. The molecule has 0 fully saturated rings. The molecule has 0 aliphatic carbocycles. The molecule has 0 spiro atoms. The van der Waals surface area contributed by atoms with Gasteiger partial charge in [0, 0.05) is 5.75 Å². The number of rotatable bonds is 13. The van der Waals surface area contributed by atoms with Gasteiger partial charge < -0.3 is 37.2 Å². The average molecular weight is 436 g/mol. The van der Waals surface area contributed by atoms with Crippen LogP contribution < -0.4 is 27.0 Å². The van der Waals surface area contributed by atoms with Gasteiger partial charge in [0.05, 0.1) is 19.7 Å². The predicted molar refractivity (Wildman–Crippen MR) is 106 cm³/mol. The number of thiol groups is 1. The van der Waals surface area contributed by atoms with Gasteiger partial charge in [0.2, 0.25) is 23.6 Å². The Morgan fingerprint density at radius 1 is 0.931 bits per heavy atom. The maximum Gasteiger partial charge on any atom is 0.327 e. The highest BCUT2D eigenvalue weighted by molar-refractivity contribution is 7.80. The number of nitrogens with two attached hydrogens (primary N) is 1. The number of nitrogens with one attached hydrogen (secondary N) is 4. The molecule has 0 aromatic rings. The Hall–Kier alpha value is -2.38. The molecule has 29 heavy (non-hydrogen) atoms. The number of carbonyl (C=O) groups excluding carboxylic acids is 4. The number of aliphatic carboxylic acids is 1. The summed E-state index contributed by atoms with van der Waals surface area (Å²) < 4.78 is 0.